The highest BCUT2D eigenvalue weighted by atomic mass is 32.1. The van der Waals surface area contributed by atoms with E-state index in [1.165, 1.54) is 11.3 Å². The number of hydrogen-bond acceptors (Lipinski definition) is 6. The number of hydrogen-bond donors (Lipinski definition) is 0. The molecule has 1 aromatic carbocycles. The molecule has 2 aromatic heterocycles. The molecule has 3 aromatic rings. The first-order chi connectivity index (χ1) is 19.8. The van der Waals surface area contributed by atoms with E-state index in [1.807, 2.05) is 26.0 Å². The number of thiazole rings is 1. The molecule has 1 aliphatic rings. The maximum absolute atomic E-state index is 14.7. The van der Waals surface area contributed by atoms with Crippen LogP contribution in [-0.4, -0.2) is 37.9 Å². The van der Waals surface area contributed by atoms with E-state index in [0.717, 1.165) is 23.9 Å². The Morgan fingerprint density at radius 3 is 2.16 bits per heavy atom. The molecule has 6 nitrogen and oxygen atoms in total. The lowest BCUT2D eigenvalue weighted by atomic mass is 9.82. The predicted octanol–water partition coefficient (Wildman–Crippen LogP) is 8.35. The standard InChI is InChI=1S/C33H40F3N3O3S/c1-20(2)18-32(29(41)42-31(6,7)8)19-24(25-17-23(13-14-37-25)33(34,35)36)26(27-38-15-16-43-27)39(32)28(40)21-9-11-22(12-10-21)30(3,4)5/h9-17,20,24,26H,18-19H2,1-8H3/t24-,26-,32+/m1/s1. The van der Waals surface area contributed by atoms with E-state index >= 15 is 0 Å². The first-order valence-corrected chi connectivity index (χ1v) is 15.3. The van der Waals surface area contributed by atoms with Gasteiger partial charge in [0.15, 0.2) is 0 Å². The summed E-state index contributed by atoms with van der Waals surface area (Å²) in [5, 5.41) is 2.26. The van der Waals surface area contributed by atoms with Crippen molar-refractivity contribution >= 4 is 23.2 Å². The Hall–Kier alpha value is -3.27. The number of carbonyl (C=O) groups is 2. The number of ether oxygens (including phenoxy) is 1. The molecule has 10 heteroatoms. The second-order valence-electron chi connectivity index (χ2n) is 13.7. The van der Waals surface area contributed by atoms with E-state index in [-0.39, 0.29) is 29.9 Å². The predicted molar refractivity (Wildman–Crippen MR) is 161 cm³/mol. The van der Waals surface area contributed by atoms with Crippen LogP contribution in [0.15, 0.2) is 54.2 Å². The monoisotopic (exact) mass is 615 g/mol. The first-order valence-electron chi connectivity index (χ1n) is 14.4. The average molecular weight is 616 g/mol. The van der Waals surface area contributed by atoms with Crippen molar-refractivity contribution in [1.82, 2.24) is 14.9 Å². The Kier molecular flexibility index (Phi) is 8.86. The van der Waals surface area contributed by atoms with Crippen molar-refractivity contribution in [3.63, 3.8) is 0 Å². The van der Waals surface area contributed by atoms with Crippen molar-refractivity contribution in [1.29, 1.82) is 0 Å². The van der Waals surface area contributed by atoms with Crippen LogP contribution in [-0.2, 0) is 21.1 Å². The number of pyridine rings is 1. The maximum Gasteiger partial charge on any atom is 0.416 e. The maximum atomic E-state index is 14.7. The summed E-state index contributed by atoms with van der Waals surface area (Å²) in [6.07, 6.45) is -1.59. The molecule has 1 amide bonds. The van der Waals surface area contributed by atoms with Gasteiger partial charge in [-0.15, -0.1) is 11.3 Å². The highest BCUT2D eigenvalue weighted by molar-refractivity contribution is 7.09. The van der Waals surface area contributed by atoms with E-state index in [0.29, 0.717) is 10.6 Å². The summed E-state index contributed by atoms with van der Waals surface area (Å²) in [4.78, 5) is 39.4. The van der Waals surface area contributed by atoms with Gasteiger partial charge < -0.3 is 9.64 Å². The molecule has 0 spiro atoms. The molecule has 0 aliphatic carbocycles. The summed E-state index contributed by atoms with van der Waals surface area (Å²) in [6.45, 7) is 15.4. The lowest BCUT2D eigenvalue weighted by molar-refractivity contribution is -0.168. The van der Waals surface area contributed by atoms with Gasteiger partial charge in [-0.3, -0.25) is 9.78 Å². The normalized spacial score (nSPS) is 21.3. The number of aromatic nitrogens is 2. The third-order valence-electron chi connectivity index (χ3n) is 7.61. The third-order valence-corrected chi connectivity index (χ3v) is 8.46. The second kappa shape index (κ2) is 11.7. The fourth-order valence-electron chi connectivity index (χ4n) is 5.84. The zero-order chi connectivity index (χ0) is 32.0. The first kappa shape index (κ1) is 32.6. The van der Waals surface area contributed by atoms with E-state index in [4.69, 9.17) is 4.74 Å². The van der Waals surface area contributed by atoms with Crippen LogP contribution < -0.4 is 0 Å². The Bertz CT molecular complexity index is 1440. The lowest BCUT2D eigenvalue weighted by Crippen LogP contribution is -2.56. The smallest absolute Gasteiger partial charge is 0.416 e. The summed E-state index contributed by atoms with van der Waals surface area (Å²) in [6, 6.07) is 8.37. The molecule has 0 bridgehead atoms. The zero-order valence-corrected chi connectivity index (χ0v) is 26.8. The van der Waals surface area contributed by atoms with Gasteiger partial charge in [0, 0.05) is 34.9 Å². The SMILES string of the molecule is CC(C)C[C@@]1(C(=O)OC(C)(C)C)C[C@H](c2cc(C(F)(F)F)ccn2)[C@H](c2nccs2)N1C(=O)c1ccc(C(C)(C)C)cc1. The number of esters is 1. The van der Waals surface area contributed by atoms with Crippen LogP contribution in [0.3, 0.4) is 0 Å². The minimum atomic E-state index is -4.59. The summed E-state index contributed by atoms with van der Waals surface area (Å²) < 4.78 is 47.5. The number of alkyl halides is 3. The van der Waals surface area contributed by atoms with Crippen LogP contribution in [0.25, 0.3) is 0 Å². The Morgan fingerprint density at radius 2 is 1.65 bits per heavy atom. The van der Waals surface area contributed by atoms with Crippen molar-refractivity contribution in [2.45, 2.75) is 103 Å². The molecule has 1 aliphatic heterocycles. The van der Waals surface area contributed by atoms with Crippen molar-refractivity contribution < 1.29 is 27.5 Å². The Labute approximate surface area is 255 Å². The quantitative estimate of drug-likeness (QED) is 0.261. The van der Waals surface area contributed by atoms with Crippen LogP contribution in [0.5, 0.6) is 0 Å². The fraction of sp³-hybridized carbons (Fsp3) is 0.515. The lowest BCUT2D eigenvalue weighted by Gasteiger charge is -2.41. The molecule has 0 unspecified atom stereocenters. The molecule has 1 fully saturated rings. The summed E-state index contributed by atoms with van der Waals surface area (Å²) in [5.41, 5.74) is -1.80. The minimum Gasteiger partial charge on any atom is -0.458 e. The van der Waals surface area contributed by atoms with Crippen molar-refractivity contribution in [3.8, 4) is 0 Å². The number of halogens is 3. The van der Waals surface area contributed by atoms with Crippen molar-refractivity contribution in [2.24, 2.45) is 5.92 Å². The van der Waals surface area contributed by atoms with Crippen molar-refractivity contribution in [3.05, 3.63) is 81.6 Å². The fourth-order valence-corrected chi connectivity index (χ4v) is 6.64. The van der Waals surface area contributed by atoms with Crippen LogP contribution in [0.1, 0.15) is 112 Å². The number of carbonyl (C=O) groups excluding carboxylic acids is 2. The van der Waals surface area contributed by atoms with Crippen LogP contribution in [0, 0.1) is 5.92 Å². The average Bonchev–Trinajstić information content (AvgIpc) is 3.53. The molecular weight excluding hydrogens is 575 g/mol. The molecule has 43 heavy (non-hydrogen) atoms. The van der Waals surface area contributed by atoms with E-state index < -0.39 is 46.7 Å². The van der Waals surface area contributed by atoms with Crippen LogP contribution in [0.2, 0.25) is 0 Å². The van der Waals surface area contributed by atoms with Gasteiger partial charge in [-0.25, -0.2) is 9.78 Å². The summed E-state index contributed by atoms with van der Waals surface area (Å²) in [7, 11) is 0. The number of rotatable bonds is 6. The van der Waals surface area contributed by atoms with Gasteiger partial charge in [-0.1, -0.05) is 46.8 Å². The van der Waals surface area contributed by atoms with E-state index in [9.17, 15) is 22.8 Å². The van der Waals surface area contributed by atoms with Gasteiger partial charge in [0.25, 0.3) is 5.91 Å². The number of amides is 1. The van der Waals surface area contributed by atoms with Gasteiger partial charge >= 0.3 is 12.1 Å². The molecule has 0 N–H and O–H groups in total. The molecule has 4 rings (SSSR count). The molecule has 3 atom stereocenters. The van der Waals surface area contributed by atoms with E-state index in [1.54, 1.807) is 49.4 Å². The van der Waals surface area contributed by atoms with Gasteiger partial charge in [-0.2, -0.15) is 13.2 Å². The molecular formula is C33H40F3N3O3S. The number of benzene rings is 1. The Morgan fingerprint density at radius 1 is 1.00 bits per heavy atom. The highest BCUT2D eigenvalue weighted by Gasteiger charge is 2.61. The summed E-state index contributed by atoms with van der Waals surface area (Å²) >= 11 is 1.29. The number of nitrogens with zero attached hydrogens (tertiary/aromatic N) is 3. The van der Waals surface area contributed by atoms with Crippen LogP contribution in [0.4, 0.5) is 13.2 Å². The number of likely N-dealkylation sites (tertiary alicyclic amines) is 1. The zero-order valence-electron chi connectivity index (χ0n) is 26.0. The molecule has 0 radical (unpaired) electrons. The molecule has 0 saturated carbocycles. The largest absolute Gasteiger partial charge is 0.458 e. The van der Waals surface area contributed by atoms with Crippen molar-refractivity contribution in [2.75, 3.05) is 0 Å². The van der Waals surface area contributed by atoms with Gasteiger partial charge in [0.2, 0.25) is 0 Å². The third kappa shape index (κ3) is 6.95. The van der Waals surface area contributed by atoms with Gasteiger partial charge in [0.05, 0.1) is 11.6 Å². The minimum absolute atomic E-state index is 0.0322. The molecule has 1 saturated heterocycles. The molecule has 232 valence electrons. The second-order valence-corrected chi connectivity index (χ2v) is 14.7. The molecule has 3 heterocycles. The van der Waals surface area contributed by atoms with Crippen LogP contribution >= 0.6 is 11.3 Å². The van der Waals surface area contributed by atoms with Gasteiger partial charge in [-0.05, 0) is 74.8 Å². The summed E-state index contributed by atoms with van der Waals surface area (Å²) in [5.74, 6) is -1.82. The Balaban J connectivity index is 1.97. The van der Waals surface area contributed by atoms with Gasteiger partial charge in [0.1, 0.15) is 16.1 Å². The topological polar surface area (TPSA) is 72.4 Å². The van der Waals surface area contributed by atoms with E-state index in [2.05, 4.69) is 30.7 Å². The highest BCUT2D eigenvalue weighted by Crippen LogP contribution is 2.55.